The first-order valence-corrected chi connectivity index (χ1v) is 14.9. The van der Waals surface area contributed by atoms with Crippen molar-refractivity contribution in [3.63, 3.8) is 0 Å². The third-order valence-corrected chi connectivity index (χ3v) is 12.6. The molecule has 0 nitrogen and oxygen atoms in total. The normalized spacial score (nSPS) is 11.5. The van der Waals surface area contributed by atoms with Crippen LogP contribution >= 0.6 is 1.58 Å². The van der Waals surface area contributed by atoms with Gasteiger partial charge in [0.1, 0.15) is 0 Å². The number of rotatable bonds is 2. The zero-order valence-corrected chi connectivity index (χ0v) is 13.6. The van der Waals surface area contributed by atoms with E-state index < -0.39 is 1.58 Å². The van der Waals surface area contributed by atoms with Gasteiger partial charge in [0.15, 0.2) is 0 Å². The topological polar surface area (TPSA) is 0 Å². The van der Waals surface area contributed by atoms with Crippen molar-refractivity contribution in [1.82, 2.24) is 0 Å². The molecule has 0 fully saturated rings. The van der Waals surface area contributed by atoms with E-state index in [1.807, 2.05) is 0 Å². The quantitative estimate of drug-likeness (QED) is 0.449. The van der Waals surface area contributed by atoms with Crippen molar-refractivity contribution in [2.24, 2.45) is 0 Å². The summed E-state index contributed by atoms with van der Waals surface area (Å²) in [6, 6.07) is 10.7. The fourth-order valence-corrected chi connectivity index (χ4v) is 12.8. The molecule has 0 bridgehead atoms. The first-order chi connectivity index (χ1) is 5.08. The van der Waals surface area contributed by atoms with E-state index in [1.54, 1.807) is 0 Å². The molecular formula is C6H7PSe4. The molecule has 0 heterocycles. The van der Waals surface area contributed by atoms with Crippen LogP contribution in [0.25, 0.3) is 0 Å². The summed E-state index contributed by atoms with van der Waals surface area (Å²) in [7, 11) is 0. The van der Waals surface area contributed by atoms with E-state index in [-0.39, 0.29) is 0 Å². The van der Waals surface area contributed by atoms with E-state index in [4.69, 9.17) is 0 Å². The van der Waals surface area contributed by atoms with E-state index >= 15 is 0 Å². The molecule has 1 aromatic carbocycles. The van der Waals surface area contributed by atoms with Gasteiger partial charge in [-0.25, -0.2) is 0 Å². The van der Waals surface area contributed by atoms with Gasteiger partial charge in [0.2, 0.25) is 0 Å². The van der Waals surface area contributed by atoms with Gasteiger partial charge >= 0.3 is 97.1 Å². The summed E-state index contributed by atoms with van der Waals surface area (Å²) in [5.74, 6) is 0. The molecule has 0 N–H and O–H groups in total. The van der Waals surface area contributed by atoms with E-state index in [2.05, 4.69) is 76.6 Å². The summed E-state index contributed by atoms with van der Waals surface area (Å²) >= 11 is 9.39. The average molecular weight is 426 g/mol. The number of hydrogen-bond acceptors (Lipinski definition) is 0. The van der Waals surface area contributed by atoms with Gasteiger partial charge in [-0.2, -0.15) is 0 Å². The second-order valence-electron chi connectivity index (χ2n) is 1.89. The maximum atomic E-state index is 3.25. The molecule has 0 aliphatic carbocycles. The molecule has 11 heavy (non-hydrogen) atoms. The Morgan fingerprint density at radius 2 is 1.73 bits per heavy atom. The van der Waals surface area contributed by atoms with Gasteiger partial charge in [0.25, 0.3) is 0 Å². The van der Waals surface area contributed by atoms with E-state index in [1.165, 1.54) is 4.46 Å². The van der Waals surface area contributed by atoms with Crippen LogP contribution in [0.3, 0.4) is 0 Å². The molecule has 0 aliphatic heterocycles. The molecule has 1 aromatic rings. The van der Waals surface area contributed by atoms with E-state index in [9.17, 15) is 0 Å². The zero-order valence-electron chi connectivity index (χ0n) is 5.54. The van der Waals surface area contributed by atoms with Crippen LogP contribution in [0.5, 0.6) is 0 Å². The van der Waals surface area contributed by atoms with Crippen LogP contribution in [0, 0.1) is 0 Å². The Balaban J connectivity index is 2.74. The first-order valence-electron chi connectivity index (χ1n) is 2.88. The van der Waals surface area contributed by atoms with Crippen molar-refractivity contribution in [2.45, 2.75) is 0 Å². The maximum absolute atomic E-state index is 3.25. The standard InChI is InChI=1S/C6H7PSe4/c8-7(9,10)11-6-4-2-1-3-5-6/h1-5H,(H2,8,9,10). The van der Waals surface area contributed by atoms with Gasteiger partial charge in [-0.05, 0) is 0 Å². The van der Waals surface area contributed by atoms with Crippen LogP contribution in [0.1, 0.15) is 0 Å². The van der Waals surface area contributed by atoms with Crippen LogP contribution in [-0.4, -0.2) is 60.8 Å². The third kappa shape index (κ3) is 5.12. The van der Waals surface area contributed by atoms with Gasteiger partial charge in [-0.3, -0.25) is 0 Å². The monoisotopic (exact) mass is 430 g/mol. The van der Waals surface area contributed by atoms with Crippen molar-refractivity contribution < 1.29 is 0 Å². The van der Waals surface area contributed by atoms with Crippen molar-refractivity contribution in [3.05, 3.63) is 30.3 Å². The molecule has 0 saturated carbocycles. The number of benzene rings is 1. The van der Waals surface area contributed by atoms with Gasteiger partial charge in [-0.1, -0.05) is 0 Å². The molecule has 0 atom stereocenters. The Hall–Kier alpha value is 1.73. The summed E-state index contributed by atoms with van der Waals surface area (Å²) in [5, 5.41) is 0. The summed E-state index contributed by atoms with van der Waals surface area (Å²) in [4.78, 5) is 0. The molecule has 5 heteroatoms. The van der Waals surface area contributed by atoms with Gasteiger partial charge in [0.05, 0.1) is 0 Å². The molecule has 1 rings (SSSR count). The molecule has 0 amide bonds. The summed E-state index contributed by atoms with van der Waals surface area (Å²) in [6.45, 7) is 0. The van der Waals surface area contributed by atoms with Crippen molar-refractivity contribution in [1.29, 1.82) is 0 Å². The predicted octanol–water partition coefficient (Wildman–Crippen LogP) is -0.336. The zero-order chi connectivity index (χ0) is 8.32. The Kier molecular flexibility index (Phi) is 4.74. The van der Waals surface area contributed by atoms with Crippen molar-refractivity contribution in [3.8, 4) is 0 Å². The molecule has 60 valence electrons. The average Bonchev–Trinajstić information content (AvgIpc) is 1.85. The Bertz CT molecular complexity index is 265. The molecule has 0 saturated heterocycles. The molecule has 0 radical (unpaired) electrons. The summed E-state index contributed by atoms with van der Waals surface area (Å²) in [6.07, 6.45) is 0. The second-order valence-corrected chi connectivity index (χ2v) is 43.5. The fourth-order valence-electron chi connectivity index (χ4n) is 0.619. The van der Waals surface area contributed by atoms with Crippen molar-refractivity contribution >= 4 is 66.8 Å². The van der Waals surface area contributed by atoms with Gasteiger partial charge < -0.3 is 0 Å². The van der Waals surface area contributed by atoms with Crippen LogP contribution in [0.4, 0.5) is 0 Å². The minimum absolute atomic E-state index is 0.605. The van der Waals surface area contributed by atoms with Crippen LogP contribution in [0.15, 0.2) is 30.3 Å². The SMILES string of the molecule is [Se]=P([SeH])([SeH])[Se]c1ccccc1. The number of hydrogen-bond donors (Lipinski definition) is 0. The molecule has 0 unspecified atom stereocenters. The van der Waals surface area contributed by atoms with Crippen LogP contribution in [-0.2, 0) is 0 Å². The van der Waals surface area contributed by atoms with Crippen LogP contribution < -0.4 is 4.46 Å². The molecule has 0 spiro atoms. The summed E-state index contributed by atoms with van der Waals surface area (Å²) in [5.41, 5.74) is 0. The van der Waals surface area contributed by atoms with Gasteiger partial charge in [0, 0.05) is 0 Å². The second kappa shape index (κ2) is 4.82. The Morgan fingerprint density at radius 1 is 1.18 bits per heavy atom. The Labute approximate surface area is 96.1 Å². The van der Waals surface area contributed by atoms with E-state index in [0.717, 1.165) is 0 Å². The minimum atomic E-state index is -0.825. The first kappa shape index (κ1) is 10.8. The van der Waals surface area contributed by atoms with E-state index in [0.29, 0.717) is 14.5 Å². The molecular weight excluding hydrogens is 419 g/mol. The third-order valence-electron chi connectivity index (χ3n) is 0.968. The predicted molar refractivity (Wildman–Crippen MR) is 58.8 cm³/mol. The van der Waals surface area contributed by atoms with Gasteiger partial charge in [-0.15, -0.1) is 0 Å². The van der Waals surface area contributed by atoms with Crippen molar-refractivity contribution in [2.75, 3.05) is 0 Å². The molecule has 0 aromatic heterocycles. The summed E-state index contributed by atoms with van der Waals surface area (Å²) < 4.78 is 0.655. The molecule has 0 aliphatic rings. The fraction of sp³-hybridized carbons (Fsp3) is 0. The Morgan fingerprint density at radius 3 is 2.18 bits per heavy atom. The van der Waals surface area contributed by atoms with Crippen LogP contribution in [0.2, 0.25) is 0 Å².